The third kappa shape index (κ3) is 7.61. The minimum absolute atomic E-state index is 0.335. The van der Waals surface area contributed by atoms with Gasteiger partial charge in [-0.2, -0.15) is 0 Å². The maximum absolute atomic E-state index is 5.57. The van der Waals surface area contributed by atoms with Gasteiger partial charge in [0.15, 0.2) is 5.96 Å². The molecule has 1 saturated heterocycles. The van der Waals surface area contributed by atoms with Crippen LogP contribution in [0.15, 0.2) is 52.8 Å². The number of nitrogens with one attached hydrogen (secondary N) is 2. The number of hydrogen-bond acceptors (Lipinski definition) is 5. The van der Waals surface area contributed by atoms with Crippen LogP contribution in [0.5, 0.6) is 0 Å². The van der Waals surface area contributed by atoms with Crippen LogP contribution < -0.4 is 10.6 Å². The van der Waals surface area contributed by atoms with Gasteiger partial charge in [0.2, 0.25) is 0 Å². The zero-order valence-corrected chi connectivity index (χ0v) is 19.9. The number of morpholine rings is 1. The first kappa shape index (κ1) is 23.7. The number of aliphatic imine (C=N–C) groups is 1. The topological polar surface area (TPSA) is 52.1 Å². The Hall–Kier alpha value is -1.93. The summed E-state index contributed by atoms with van der Waals surface area (Å²) in [6.45, 7) is 8.09. The second-order valence-electron chi connectivity index (χ2n) is 8.09. The summed E-state index contributed by atoms with van der Waals surface area (Å²) in [7, 11) is 4.27. The molecule has 3 rings (SSSR count). The molecule has 1 aliphatic heterocycles. The first-order valence-electron chi connectivity index (χ1n) is 11.2. The molecule has 170 valence electrons. The van der Waals surface area contributed by atoms with E-state index in [0.29, 0.717) is 12.1 Å². The van der Waals surface area contributed by atoms with Crippen LogP contribution in [0.4, 0.5) is 0 Å². The lowest BCUT2D eigenvalue weighted by atomic mass is 10.1. The largest absolute Gasteiger partial charge is 0.379 e. The summed E-state index contributed by atoms with van der Waals surface area (Å²) in [5.74, 6) is 0.886. The summed E-state index contributed by atoms with van der Waals surface area (Å²) in [6, 6.07) is 15.7. The van der Waals surface area contributed by atoms with E-state index in [0.717, 1.165) is 58.3 Å². The van der Waals surface area contributed by atoms with Gasteiger partial charge >= 0.3 is 0 Å². The molecule has 6 nitrogen and oxygen atoms in total. The summed E-state index contributed by atoms with van der Waals surface area (Å²) < 4.78 is 5.57. The lowest BCUT2D eigenvalue weighted by Gasteiger charge is -2.34. The molecular weight excluding hydrogens is 406 g/mol. The Kier molecular flexibility index (Phi) is 9.81. The van der Waals surface area contributed by atoms with Crippen molar-refractivity contribution in [1.82, 2.24) is 20.4 Å². The number of hydrogen-bond donors (Lipinski definition) is 2. The highest BCUT2D eigenvalue weighted by atomic mass is 32.1. The summed E-state index contributed by atoms with van der Waals surface area (Å²) in [5.41, 5.74) is 1.35. The van der Waals surface area contributed by atoms with Crippen LogP contribution in [0.3, 0.4) is 0 Å². The molecule has 0 amide bonds. The Morgan fingerprint density at radius 2 is 1.90 bits per heavy atom. The molecule has 2 unspecified atom stereocenters. The van der Waals surface area contributed by atoms with Gasteiger partial charge in [-0.3, -0.25) is 9.89 Å². The summed E-state index contributed by atoms with van der Waals surface area (Å²) in [5, 5.41) is 9.19. The van der Waals surface area contributed by atoms with Crippen LogP contribution >= 0.6 is 11.3 Å². The summed E-state index contributed by atoms with van der Waals surface area (Å²) in [4.78, 5) is 11.1. The molecule has 0 saturated carbocycles. The summed E-state index contributed by atoms with van der Waals surface area (Å²) in [6.07, 6.45) is 0.988. The number of ether oxygens (including phenoxy) is 1. The zero-order chi connectivity index (χ0) is 21.9. The Balaban J connectivity index is 1.64. The Bertz CT molecular complexity index is 760. The Labute approximate surface area is 191 Å². The smallest absolute Gasteiger partial charge is 0.191 e. The summed E-state index contributed by atoms with van der Waals surface area (Å²) >= 11 is 1.82. The van der Waals surface area contributed by atoms with Crippen molar-refractivity contribution in [3.8, 4) is 0 Å². The van der Waals surface area contributed by atoms with Crippen molar-refractivity contribution in [2.24, 2.45) is 4.99 Å². The van der Waals surface area contributed by atoms with E-state index in [4.69, 9.17) is 9.73 Å². The zero-order valence-electron chi connectivity index (χ0n) is 19.1. The average molecular weight is 444 g/mol. The molecule has 0 bridgehead atoms. The van der Waals surface area contributed by atoms with Crippen molar-refractivity contribution >= 4 is 17.3 Å². The van der Waals surface area contributed by atoms with Crippen molar-refractivity contribution in [3.63, 3.8) is 0 Å². The molecular formula is C24H37N5OS. The average Bonchev–Trinajstić information content (AvgIpc) is 3.32. The van der Waals surface area contributed by atoms with Gasteiger partial charge in [0.05, 0.1) is 25.8 Å². The van der Waals surface area contributed by atoms with Gasteiger partial charge < -0.3 is 20.3 Å². The van der Waals surface area contributed by atoms with E-state index < -0.39 is 0 Å². The van der Waals surface area contributed by atoms with Crippen molar-refractivity contribution in [2.45, 2.75) is 25.4 Å². The lowest BCUT2D eigenvalue weighted by molar-refractivity contribution is 0.0177. The first-order chi connectivity index (χ1) is 15.2. The van der Waals surface area contributed by atoms with Crippen LogP contribution in [0, 0.1) is 0 Å². The maximum Gasteiger partial charge on any atom is 0.191 e. The number of nitrogens with zero attached hydrogens (tertiary/aromatic N) is 3. The number of benzene rings is 1. The molecule has 0 spiro atoms. The van der Waals surface area contributed by atoms with E-state index in [1.165, 1.54) is 10.4 Å². The van der Waals surface area contributed by atoms with E-state index in [2.05, 4.69) is 89.3 Å². The highest BCUT2D eigenvalue weighted by Gasteiger charge is 2.23. The molecule has 2 atom stereocenters. The highest BCUT2D eigenvalue weighted by Crippen LogP contribution is 2.25. The number of thiophene rings is 1. The fourth-order valence-electron chi connectivity index (χ4n) is 3.81. The SMILES string of the molecule is CCNC(=NCC(Cc1ccccc1)N(C)C)NCC(c1cccs1)N1CCOCC1. The van der Waals surface area contributed by atoms with Crippen molar-refractivity contribution < 1.29 is 4.74 Å². The third-order valence-electron chi connectivity index (χ3n) is 5.67. The standard InChI is InChI=1S/C24H37N5OS/c1-4-25-24(26-18-21(28(2)3)17-20-9-6-5-7-10-20)27-19-22(23-11-8-16-31-23)29-12-14-30-15-13-29/h5-11,16,21-22H,4,12-15,17-19H2,1-3H3,(H2,25,26,27). The molecule has 1 fully saturated rings. The van der Waals surface area contributed by atoms with Gasteiger partial charge in [0.25, 0.3) is 0 Å². The Morgan fingerprint density at radius 3 is 2.55 bits per heavy atom. The molecule has 1 aromatic heterocycles. The van der Waals surface area contributed by atoms with Gasteiger partial charge in [-0.1, -0.05) is 36.4 Å². The van der Waals surface area contributed by atoms with Gasteiger partial charge in [0, 0.05) is 37.1 Å². The highest BCUT2D eigenvalue weighted by molar-refractivity contribution is 7.10. The normalized spacial score (nSPS) is 17.5. The van der Waals surface area contributed by atoms with E-state index in [-0.39, 0.29) is 0 Å². The minimum Gasteiger partial charge on any atom is -0.379 e. The van der Waals surface area contributed by atoms with Gasteiger partial charge in [-0.15, -0.1) is 11.3 Å². The van der Waals surface area contributed by atoms with Gasteiger partial charge in [-0.05, 0) is 44.4 Å². The molecule has 0 radical (unpaired) electrons. The molecule has 1 aromatic carbocycles. The van der Waals surface area contributed by atoms with Crippen LogP contribution in [0.25, 0.3) is 0 Å². The monoisotopic (exact) mass is 443 g/mol. The molecule has 2 N–H and O–H groups in total. The van der Waals surface area contributed by atoms with Gasteiger partial charge in [0.1, 0.15) is 0 Å². The third-order valence-corrected chi connectivity index (χ3v) is 6.64. The van der Waals surface area contributed by atoms with E-state index in [1.807, 2.05) is 11.3 Å². The van der Waals surface area contributed by atoms with Gasteiger partial charge in [-0.25, -0.2) is 0 Å². The molecule has 2 aromatic rings. The van der Waals surface area contributed by atoms with Crippen LogP contribution in [0.1, 0.15) is 23.4 Å². The van der Waals surface area contributed by atoms with E-state index >= 15 is 0 Å². The molecule has 31 heavy (non-hydrogen) atoms. The van der Waals surface area contributed by atoms with Crippen LogP contribution in [-0.2, 0) is 11.2 Å². The minimum atomic E-state index is 0.335. The predicted molar refractivity (Wildman–Crippen MR) is 131 cm³/mol. The quantitative estimate of drug-likeness (QED) is 0.437. The Morgan fingerprint density at radius 1 is 1.13 bits per heavy atom. The lowest BCUT2D eigenvalue weighted by Crippen LogP contribution is -2.46. The van der Waals surface area contributed by atoms with Crippen molar-refractivity contribution in [2.75, 3.05) is 60.0 Å². The van der Waals surface area contributed by atoms with Crippen LogP contribution in [-0.4, -0.2) is 81.8 Å². The predicted octanol–water partition coefficient (Wildman–Crippen LogP) is 2.85. The fraction of sp³-hybridized carbons (Fsp3) is 0.542. The molecule has 0 aliphatic carbocycles. The maximum atomic E-state index is 5.57. The first-order valence-corrected chi connectivity index (χ1v) is 12.1. The fourth-order valence-corrected chi connectivity index (χ4v) is 4.67. The molecule has 1 aliphatic rings. The second-order valence-corrected chi connectivity index (χ2v) is 9.07. The molecule has 2 heterocycles. The van der Waals surface area contributed by atoms with Crippen molar-refractivity contribution in [3.05, 3.63) is 58.3 Å². The molecule has 7 heteroatoms. The van der Waals surface area contributed by atoms with Crippen molar-refractivity contribution in [1.29, 1.82) is 0 Å². The van der Waals surface area contributed by atoms with E-state index in [1.54, 1.807) is 0 Å². The number of guanidine groups is 1. The number of likely N-dealkylation sites (N-methyl/N-ethyl adjacent to an activating group) is 1. The second kappa shape index (κ2) is 12.8. The number of rotatable bonds is 10. The van der Waals surface area contributed by atoms with Crippen LogP contribution in [0.2, 0.25) is 0 Å². The van der Waals surface area contributed by atoms with E-state index in [9.17, 15) is 0 Å².